The van der Waals surface area contributed by atoms with Gasteiger partial charge < -0.3 is 0 Å². The molecule has 0 aliphatic heterocycles. The second-order valence-corrected chi connectivity index (χ2v) is 1.77. The van der Waals surface area contributed by atoms with Crippen molar-refractivity contribution in [3.8, 4) is 0 Å². The molecule has 50 valence electrons. The van der Waals surface area contributed by atoms with Crippen LogP contribution in [0.1, 0.15) is 6.92 Å². The van der Waals surface area contributed by atoms with E-state index >= 15 is 0 Å². The van der Waals surface area contributed by atoms with Crippen molar-refractivity contribution in [3.05, 3.63) is 11.1 Å². The monoisotopic (exact) mass is 145 g/mol. The van der Waals surface area contributed by atoms with Gasteiger partial charge in [-0.25, -0.2) is 0 Å². The van der Waals surface area contributed by atoms with Crippen molar-refractivity contribution in [1.29, 1.82) is 0 Å². The topological polar surface area (TPSA) is 29.4 Å². The number of nitrogens with zero attached hydrogens (tertiary/aromatic N) is 1. The summed E-state index contributed by atoms with van der Waals surface area (Å²) in [5, 5.41) is 0.396. The predicted octanol–water partition coefficient (Wildman–Crippen LogP) is 1.40. The Labute approximate surface area is 59.2 Å². The van der Waals surface area contributed by atoms with E-state index in [-0.39, 0.29) is 0 Å². The number of aldehydes is 1. The van der Waals surface area contributed by atoms with Crippen molar-refractivity contribution < 1.29 is 4.79 Å². The van der Waals surface area contributed by atoms with E-state index in [1.165, 1.54) is 7.05 Å². The summed E-state index contributed by atoms with van der Waals surface area (Å²) in [6.45, 7) is 1.75. The molecule has 0 rings (SSSR count). The molecule has 3 heteroatoms. The van der Waals surface area contributed by atoms with Crippen molar-refractivity contribution in [2.75, 3.05) is 7.05 Å². The number of allylic oxidation sites excluding steroid dienone is 2. The fourth-order valence-electron chi connectivity index (χ4n) is 0.364. The minimum atomic E-state index is 0.291. The molecule has 0 aliphatic rings. The molecule has 0 aromatic rings. The van der Waals surface area contributed by atoms with Crippen LogP contribution in [0.25, 0.3) is 0 Å². The van der Waals surface area contributed by atoms with Crippen LogP contribution in [-0.2, 0) is 4.79 Å². The van der Waals surface area contributed by atoms with Crippen LogP contribution in [0.4, 0.5) is 0 Å². The average molecular weight is 146 g/mol. The summed E-state index contributed by atoms with van der Waals surface area (Å²) in [6.07, 6.45) is 2.25. The zero-order valence-corrected chi connectivity index (χ0v) is 6.14. The van der Waals surface area contributed by atoms with Crippen LogP contribution in [0.15, 0.2) is 16.1 Å². The minimum absolute atomic E-state index is 0.291. The fraction of sp³-hybridized carbons (Fsp3) is 0.333. The first-order valence-corrected chi connectivity index (χ1v) is 2.88. The van der Waals surface area contributed by atoms with Gasteiger partial charge in [0.1, 0.15) is 5.71 Å². The van der Waals surface area contributed by atoms with Crippen molar-refractivity contribution in [2.24, 2.45) is 4.99 Å². The number of rotatable bonds is 2. The lowest BCUT2D eigenvalue weighted by molar-refractivity contribution is -0.102. The third-order valence-corrected chi connectivity index (χ3v) is 1.26. The molecule has 9 heavy (non-hydrogen) atoms. The van der Waals surface area contributed by atoms with Crippen LogP contribution in [0, 0.1) is 0 Å². The smallest absolute Gasteiger partial charge is 0.169 e. The van der Waals surface area contributed by atoms with Gasteiger partial charge in [-0.3, -0.25) is 9.79 Å². The third-order valence-electron chi connectivity index (χ3n) is 0.851. The van der Waals surface area contributed by atoms with Gasteiger partial charge in [-0.05, 0) is 6.92 Å². The maximum absolute atomic E-state index is 10.1. The predicted molar refractivity (Wildman–Crippen MR) is 39.0 cm³/mol. The van der Waals surface area contributed by atoms with Gasteiger partial charge in [0.05, 0.1) is 5.03 Å². The van der Waals surface area contributed by atoms with E-state index in [1.807, 2.05) is 0 Å². The number of carbonyl (C=O) groups excluding carboxylic acids is 1. The van der Waals surface area contributed by atoms with Gasteiger partial charge in [0.2, 0.25) is 0 Å². The molecule has 0 heterocycles. The third kappa shape index (κ3) is 2.42. The van der Waals surface area contributed by atoms with E-state index in [2.05, 4.69) is 4.99 Å². The Hall–Kier alpha value is -0.630. The van der Waals surface area contributed by atoms with Crippen LogP contribution in [-0.4, -0.2) is 19.0 Å². The van der Waals surface area contributed by atoms with Crippen molar-refractivity contribution >= 4 is 23.6 Å². The standard InChI is InChI=1S/C6H8ClNO/c1-3-5(7)6(4-9)8-2/h3-4H,1-2H3. The summed E-state index contributed by atoms with van der Waals surface area (Å²) in [5.41, 5.74) is 0.291. The molecule has 0 atom stereocenters. The molecule has 0 aromatic heterocycles. The van der Waals surface area contributed by atoms with Crippen LogP contribution in [0.2, 0.25) is 0 Å². The number of aliphatic imine (C=N–C) groups is 1. The normalized spacial score (nSPS) is 13.7. The van der Waals surface area contributed by atoms with Gasteiger partial charge in [-0.2, -0.15) is 0 Å². The maximum Gasteiger partial charge on any atom is 0.169 e. The average Bonchev–Trinajstić information content (AvgIpc) is 1.90. The molecule has 0 unspecified atom stereocenters. The highest BCUT2D eigenvalue weighted by Gasteiger charge is 1.97. The van der Waals surface area contributed by atoms with Gasteiger partial charge in [-0.1, -0.05) is 17.7 Å². The van der Waals surface area contributed by atoms with Crippen molar-refractivity contribution in [3.63, 3.8) is 0 Å². The molecule has 0 bridgehead atoms. The number of hydrogen-bond donors (Lipinski definition) is 0. The second kappa shape index (κ2) is 4.27. The first-order valence-electron chi connectivity index (χ1n) is 2.50. The number of carbonyl (C=O) groups is 1. The maximum atomic E-state index is 10.1. The Balaban J connectivity index is 4.32. The summed E-state index contributed by atoms with van der Waals surface area (Å²) >= 11 is 5.53. The first kappa shape index (κ1) is 8.37. The lowest BCUT2D eigenvalue weighted by Crippen LogP contribution is -1.98. The zero-order valence-electron chi connectivity index (χ0n) is 5.39. The summed E-state index contributed by atoms with van der Waals surface area (Å²) < 4.78 is 0. The Bertz CT molecular complexity index is 160. The van der Waals surface area contributed by atoms with Gasteiger partial charge in [0.15, 0.2) is 6.29 Å². The molecule has 0 aliphatic carbocycles. The van der Waals surface area contributed by atoms with Gasteiger partial charge in [0.25, 0.3) is 0 Å². The molecular weight excluding hydrogens is 138 g/mol. The molecule has 0 N–H and O–H groups in total. The van der Waals surface area contributed by atoms with E-state index in [1.54, 1.807) is 13.0 Å². The second-order valence-electron chi connectivity index (χ2n) is 1.36. The molecule has 0 radical (unpaired) electrons. The molecule has 0 amide bonds. The highest BCUT2D eigenvalue weighted by atomic mass is 35.5. The summed E-state index contributed by atoms with van der Waals surface area (Å²) in [6, 6.07) is 0. The lowest BCUT2D eigenvalue weighted by Gasteiger charge is -1.89. The van der Waals surface area contributed by atoms with Crippen LogP contribution >= 0.6 is 11.6 Å². The van der Waals surface area contributed by atoms with Gasteiger partial charge >= 0.3 is 0 Å². The van der Waals surface area contributed by atoms with E-state index in [4.69, 9.17) is 11.6 Å². The highest BCUT2D eigenvalue weighted by Crippen LogP contribution is 2.01. The van der Waals surface area contributed by atoms with Crippen molar-refractivity contribution in [2.45, 2.75) is 6.92 Å². The minimum Gasteiger partial charge on any atom is -0.296 e. The molecule has 0 spiro atoms. The molecule has 2 nitrogen and oxygen atoms in total. The summed E-state index contributed by atoms with van der Waals surface area (Å²) in [5.74, 6) is 0. The summed E-state index contributed by atoms with van der Waals surface area (Å²) in [4.78, 5) is 13.7. The van der Waals surface area contributed by atoms with Crippen LogP contribution in [0.3, 0.4) is 0 Å². The van der Waals surface area contributed by atoms with Crippen molar-refractivity contribution in [1.82, 2.24) is 0 Å². The molecule has 0 saturated carbocycles. The van der Waals surface area contributed by atoms with E-state index in [0.29, 0.717) is 17.0 Å². The molecule has 0 saturated heterocycles. The Morgan fingerprint density at radius 1 is 1.67 bits per heavy atom. The van der Waals surface area contributed by atoms with Crippen LogP contribution in [0.5, 0.6) is 0 Å². The van der Waals surface area contributed by atoms with E-state index in [9.17, 15) is 4.79 Å². The SMILES string of the molecule is CC=C(Cl)C(C=O)=NC. The van der Waals surface area contributed by atoms with Gasteiger partial charge in [-0.15, -0.1) is 0 Å². The summed E-state index contributed by atoms with van der Waals surface area (Å²) in [7, 11) is 1.52. The van der Waals surface area contributed by atoms with E-state index in [0.717, 1.165) is 0 Å². The highest BCUT2D eigenvalue weighted by molar-refractivity contribution is 6.54. The zero-order chi connectivity index (χ0) is 7.28. The first-order chi connectivity index (χ1) is 4.26. The Kier molecular flexibility index (Phi) is 3.97. The molecule has 0 aromatic carbocycles. The Morgan fingerprint density at radius 3 is 2.33 bits per heavy atom. The molecular formula is C6H8ClNO. The lowest BCUT2D eigenvalue weighted by atomic mass is 10.3. The number of halogens is 1. The Morgan fingerprint density at radius 2 is 2.22 bits per heavy atom. The van der Waals surface area contributed by atoms with E-state index < -0.39 is 0 Å². The van der Waals surface area contributed by atoms with Gasteiger partial charge in [0, 0.05) is 7.05 Å². The molecule has 0 fully saturated rings. The van der Waals surface area contributed by atoms with Crippen LogP contribution < -0.4 is 0 Å². The largest absolute Gasteiger partial charge is 0.296 e. The number of hydrogen-bond acceptors (Lipinski definition) is 2. The quantitative estimate of drug-likeness (QED) is 0.427. The fourth-order valence-corrected chi connectivity index (χ4v) is 0.493.